The Morgan fingerprint density at radius 2 is 1.52 bits per heavy atom. The lowest BCUT2D eigenvalue weighted by Crippen LogP contribution is -2.15. The van der Waals surface area contributed by atoms with Crippen LogP contribution in [-0.4, -0.2) is 14.3 Å². The quantitative estimate of drug-likeness (QED) is 0.655. The highest BCUT2D eigenvalue weighted by molar-refractivity contribution is 7.92. The van der Waals surface area contributed by atoms with E-state index in [1.807, 2.05) is 0 Å². The molecule has 0 saturated carbocycles. The molecule has 5 nitrogen and oxygen atoms in total. The number of sulfonamides is 1. The highest BCUT2D eigenvalue weighted by Gasteiger charge is 2.16. The van der Waals surface area contributed by atoms with Gasteiger partial charge in [-0.1, -0.05) is 35.9 Å². The fourth-order valence-corrected chi connectivity index (χ4v) is 3.63. The van der Waals surface area contributed by atoms with E-state index < -0.39 is 21.7 Å². The van der Waals surface area contributed by atoms with Gasteiger partial charge in [-0.05, 0) is 48.5 Å². The van der Waals surface area contributed by atoms with Crippen LogP contribution in [0.25, 0.3) is 0 Å². The number of benzene rings is 3. The third kappa shape index (κ3) is 4.45. The Labute approximate surface area is 160 Å². The van der Waals surface area contributed by atoms with E-state index in [0.717, 1.165) is 0 Å². The van der Waals surface area contributed by atoms with E-state index in [0.29, 0.717) is 5.69 Å². The summed E-state index contributed by atoms with van der Waals surface area (Å²) < 4.78 is 40.9. The first-order valence-electron chi connectivity index (χ1n) is 7.80. The van der Waals surface area contributed by atoms with E-state index in [2.05, 4.69) is 10.0 Å². The van der Waals surface area contributed by atoms with Crippen LogP contribution in [0.2, 0.25) is 5.02 Å². The molecule has 0 saturated heterocycles. The predicted octanol–water partition coefficient (Wildman–Crippen LogP) is 4.53. The number of rotatable bonds is 5. The normalized spacial score (nSPS) is 11.0. The zero-order valence-corrected chi connectivity index (χ0v) is 15.4. The second-order valence-electron chi connectivity index (χ2n) is 5.54. The van der Waals surface area contributed by atoms with Gasteiger partial charge in [0.15, 0.2) is 0 Å². The molecule has 0 spiro atoms. The van der Waals surface area contributed by atoms with E-state index in [-0.39, 0.29) is 21.2 Å². The van der Waals surface area contributed by atoms with E-state index in [1.165, 1.54) is 42.5 Å². The molecule has 0 aliphatic heterocycles. The molecule has 0 aromatic heterocycles. The fraction of sp³-hybridized carbons (Fsp3) is 0. The molecule has 3 aromatic rings. The molecule has 8 heteroatoms. The molecule has 0 fully saturated rings. The Hall–Kier alpha value is -2.90. The third-order valence-corrected chi connectivity index (χ3v) is 5.37. The van der Waals surface area contributed by atoms with Crippen molar-refractivity contribution in [2.45, 2.75) is 4.90 Å². The minimum Gasteiger partial charge on any atom is -0.322 e. The number of halogens is 2. The highest BCUT2D eigenvalue weighted by Crippen LogP contribution is 2.24. The number of carbonyl (C=O) groups excluding carboxylic acids is 1. The van der Waals surface area contributed by atoms with E-state index in [1.54, 1.807) is 30.3 Å². The van der Waals surface area contributed by atoms with Crippen LogP contribution in [0.15, 0.2) is 77.7 Å². The lowest BCUT2D eigenvalue weighted by Gasteiger charge is -2.10. The maximum absolute atomic E-state index is 13.6. The van der Waals surface area contributed by atoms with Crippen LogP contribution in [-0.2, 0) is 10.0 Å². The van der Waals surface area contributed by atoms with Gasteiger partial charge in [0, 0.05) is 5.69 Å². The highest BCUT2D eigenvalue weighted by atomic mass is 35.5. The van der Waals surface area contributed by atoms with Crippen LogP contribution in [0, 0.1) is 5.82 Å². The summed E-state index contributed by atoms with van der Waals surface area (Å²) in [6.45, 7) is 0. The minimum absolute atomic E-state index is 0.00805. The van der Waals surface area contributed by atoms with Gasteiger partial charge in [0.25, 0.3) is 15.9 Å². The molecule has 0 unspecified atom stereocenters. The monoisotopic (exact) mass is 404 g/mol. The van der Waals surface area contributed by atoms with Crippen LogP contribution in [0.5, 0.6) is 0 Å². The van der Waals surface area contributed by atoms with Gasteiger partial charge >= 0.3 is 0 Å². The first-order valence-corrected chi connectivity index (χ1v) is 9.66. The fourth-order valence-electron chi connectivity index (χ4n) is 2.31. The van der Waals surface area contributed by atoms with Gasteiger partial charge in [-0.15, -0.1) is 0 Å². The number of nitrogens with one attached hydrogen (secondary N) is 2. The molecule has 0 aliphatic carbocycles. The van der Waals surface area contributed by atoms with Crippen molar-refractivity contribution in [3.05, 3.63) is 89.2 Å². The standard InChI is InChI=1S/C19H14ClFN2O3S/c20-16-6-2-4-8-18(16)23-27(25,26)14-11-9-13(10-12-14)22-19(24)15-5-1-3-7-17(15)21/h1-12,23H,(H,22,24). The summed E-state index contributed by atoms with van der Waals surface area (Å²) in [7, 11) is -3.85. The Kier molecular flexibility index (Phi) is 5.43. The second kappa shape index (κ2) is 7.77. The van der Waals surface area contributed by atoms with Crippen LogP contribution in [0.4, 0.5) is 15.8 Å². The van der Waals surface area contributed by atoms with Gasteiger partial charge in [0.1, 0.15) is 5.82 Å². The zero-order valence-electron chi connectivity index (χ0n) is 13.8. The van der Waals surface area contributed by atoms with E-state index >= 15 is 0 Å². The second-order valence-corrected chi connectivity index (χ2v) is 7.63. The summed E-state index contributed by atoms with van der Waals surface area (Å²) in [4.78, 5) is 12.1. The average Bonchev–Trinajstić information content (AvgIpc) is 2.64. The Morgan fingerprint density at radius 3 is 2.19 bits per heavy atom. The Balaban J connectivity index is 1.76. The topological polar surface area (TPSA) is 75.3 Å². The van der Waals surface area contributed by atoms with Gasteiger partial charge in [-0.25, -0.2) is 12.8 Å². The van der Waals surface area contributed by atoms with Crippen molar-refractivity contribution in [3.8, 4) is 0 Å². The van der Waals surface area contributed by atoms with Gasteiger partial charge in [0.05, 0.1) is 21.2 Å². The van der Waals surface area contributed by atoms with Crippen LogP contribution in [0.3, 0.4) is 0 Å². The van der Waals surface area contributed by atoms with E-state index in [9.17, 15) is 17.6 Å². The van der Waals surface area contributed by atoms with Crippen LogP contribution in [0.1, 0.15) is 10.4 Å². The number of amides is 1. The molecule has 2 N–H and O–H groups in total. The number of para-hydroxylation sites is 1. The largest absolute Gasteiger partial charge is 0.322 e. The third-order valence-electron chi connectivity index (χ3n) is 3.66. The number of carbonyl (C=O) groups is 1. The minimum atomic E-state index is -3.85. The summed E-state index contributed by atoms with van der Waals surface area (Å²) in [6.07, 6.45) is 0. The smallest absolute Gasteiger partial charge is 0.261 e. The summed E-state index contributed by atoms with van der Waals surface area (Å²) in [5.41, 5.74) is 0.491. The lowest BCUT2D eigenvalue weighted by molar-refractivity contribution is 0.102. The van der Waals surface area contributed by atoms with Crippen molar-refractivity contribution in [1.29, 1.82) is 0 Å². The molecule has 0 heterocycles. The molecule has 138 valence electrons. The van der Waals surface area contributed by atoms with Gasteiger partial charge in [0.2, 0.25) is 0 Å². The first-order chi connectivity index (χ1) is 12.9. The van der Waals surface area contributed by atoms with E-state index in [4.69, 9.17) is 11.6 Å². The lowest BCUT2D eigenvalue weighted by atomic mass is 10.2. The molecule has 1 amide bonds. The Morgan fingerprint density at radius 1 is 0.889 bits per heavy atom. The molecule has 3 aromatic carbocycles. The maximum atomic E-state index is 13.6. The molecular weight excluding hydrogens is 391 g/mol. The molecule has 0 radical (unpaired) electrons. The van der Waals surface area contributed by atoms with Gasteiger partial charge < -0.3 is 5.32 Å². The average molecular weight is 405 g/mol. The van der Waals surface area contributed by atoms with Gasteiger partial charge in [-0.3, -0.25) is 9.52 Å². The number of hydrogen-bond acceptors (Lipinski definition) is 3. The van der Waals surface area contributed by atoms with Crippen molar-refractivity contribution < 1.29 is 17.6 Å². The van der Waals surface area contributed by atoms with Crippen molar-refractivity contribution in [2.24, 2.45) is 0 Å². The molecule has 0 aliphatic rings. The van der Waals surface area contributed by atoms with Crippen LogP contribution < -0.4 is 10.0 Å². The molecule has 27 heavy (non-hydrogen) atoms. The first kappa shape index (κ1) is 18.9. The van der Waals surface area contributed by atoms with Crippen LogP contribution >= 0.6 is 11.6 Å². The van der Waals surface area contributed by atoms with Crippen molar-refractivity contribution in [1.82, 2.24) is 0 Å². The zero-order chi connectivity index (χ0) is 19.4. The summed E-state index contributed by atoms with van der Waals surface area (Å²) in [5.74, 6) is -1.27. The SMILES string of the molecule is O=C(Nc1ccc(S(=O)(=O)Nc2ccccc2Cl)cc1)c1ccccc1F. The molecule has 0 atom stereocenters. The van der Waals surface area contributed by atoms with Crippen molar-refractivity contribution in [2.75, 3.05) is 10.0 Å². The van der Waals surface area contributed by atoms with Gasteiger partial charge in [-0.2, -0.15) is 0 Å². The molecule has 3 rings (SSSR count). The molecular formula is C19H14ClFN2O3S. The van der Waals surface area contributed by atoms with Crippen molar-refractivity contribution >= 4 is 38.9 Å². The Bertz CT molecular complexity index is 1090. The number of anilines is 2. The summed E-state index contributed by atoms with van der Waals surface area (Å²) in [5, 5.41) is 2.79. The number of hydrogen-bond donors (Lipinski definition) is 2. The predicted molar refractivity (Wildman–Crippen MR) is 103 cm³/mol. The molecule has 0 bridgehead atoms. The summed E-state index contributed by atoms with van der Waals surface area (Å²) >= 11 is 5.97. The maximum Gasteiger partial charge on any atom is 0.261 e. The van der Waals surface area contributed by atoms with Crippen molar-refractivity contribution in [3.63, 3.8) is 0 Å². The summed E-state index contributed by atoms with van der Waals surface area (Å²) in [6, 6.07) is 17.5.